The van der Waals surface area contributed by atoms with Crippen molar-refractivity contribution in [3.05, 3.63) is 28.7 Å². The number of carbonyl (C=O) groups is 1. The quantitative estimate of drug-likeness (QED) is 0.725. The molecule has 116 valence electrons. The number of carbonyl (C=O) groups excluding carboxylic acids is 1. The number of aromatic nitrogens is 1. The van der Waals surface area contributed by atoms with Crippen LogP contribution in [0.15, 0.2) is 28.0 Å². The smallest absolute Gasteiger partial charge is 0.326 e. The van der Waals surface area contributed by atoms with E-state index in [0.29, 0.717) is 13.1 Å². The van der Waals surface area contributed by atoms with Gasteiger partial charge in [0.15, 0.2) is 0 Å². The second-order valence-electron chi connectivity index (χ2n) is 4.75. The average molecular weight is 314 g/mol. The molecule has 0 aromatic carbocycles. The Balaban J connectivity index is 2.29. The molecule has 1 aliphatic rings. The van der Waals surface area contributed by atoms with Gasteiger partial charge < -0.3 is 9.30 Å². The number of hydrogen-bond donors (Lipinski definition) is 0. The van der Waals surface area contributed by atoms with Gasteiger partial charge in [-0.3, -0.25) is 9.59 Å². The fourth-order valence-corrected chi connectivity index (χ4v) is 3.75. The Morgan fingerprint density at radius 3 is 2.57 bits per heavy atom. The highest BCUT2D eigenvalue weighted by atomic mass is 32.2. The third-order valence-electron chi connectivity index (χ3n) is 3.26. The zero-order chi connectivity index (χ0) is 15.5. The molecule has 0 N–H and O–H groups in total. The molecule has 1 fully saturated rings. The summed E-state index contributed by atoms with van der Waals surface area (Å²) in [6.45, 7) is 2.54. The molecule has 1 aliphatic heterocycles. The van der Waals surface area contributed by atoms with Crippen LogP contribution in [-0.4, -0.2) is 43.0 Å². The number of sulfonamides is 1. The first-order chi connectivity index (χ1) is 9.95. The largest absolute Gasteiger partial charge is 0.465 e. The van der Waals surface area contributed by atoms with Crippen LogP contribution in [0.1, 0.15) is 19.8 Å². The molecule has 21 heavy (non-hydrogen) atoms. The number of esters is 1. The maximum absolute atomic E-state index is 12.4. The van der Waals surface area contributed by atoms with Gasteiger partial charge in [0.2, 0.25) is 10.0 Å². The van der Waals surface area contributed by atoms with Crippen LogP contribution in [0, 0.1) is 0 Å². The summed E-state index contributed by atoms with van der Waals surface area (Å²) in [5.74, 6) is -0.574. The molecule has 1 aromatic heterocycles. The van der Waals surface area contributed by atoms with Gasteiger partial charge in [0.25, 0.3) is 5.56 Å². The van der Waals surface area contributed by atoms with Crippen molar-refractivity contribution >= 4 is 16.0 Å². The van der Waals surface area contributed by atoms with Crippen molar-refractivity contribution in [2.24, 2.45) is 0 Å². The van der Waals surface area contributed by atoms with Crippen LogP contribution >= 0.6 is 0 Å². The topological polar surface area (TPSA) is 85.7 Å². The summed E-state index contributed by atoms with van der Waals surface area (Å²) in [7, 11) is -3.60. The lowest BCUT2D eigenvalue weighted by atomic mass is 10.4. The fourth-order valence-electron chi connectivity index (χ4n) is 2.21. The Morgan fingerprint density at radius 2 is 1.95 bits per heavy atom. The van der Waals surface area contributed by atoms with E-state index >= 15 is 0 Å². The summed E-state index contributed by atoms with van der Waals surface area (Å²) in [4.78, 5) is 23.2. The van der Waals surface area contributed by atoms with Crippen LogP contribution in [0.25, 0.3) is 0 Å². The number of hydrogen-bond acceptors (Lipinski definition) is 5. The molecule has 1 aromatic rings. The summed E-state index contributed by atoms with van der Waals surface area (Å²) in [6, 6.07) is 2.43. The molecule has 0 saturated carbocycles. The van der Waals surface area contributed by atoms with Crippen LogP contribution in [0.5, 0.6) is 0 Å². The van der Waals surface area contributed by atoms with Gasteiger partial charge in [-0.2, -0.15) is 4.31 Å². The van der Waals surface area contributed by atoms with Crippen molar-refractivity contribution in [2.45, 2.75) is 31.2 Å². The Kier molecular flexibility index (Phi) is 4.79. The van der Waals surface area contributed by atoms with E-state index in [-0.39, 0.29) is 18.0 Å². The van der Waals surface area contributed by atoms with Crippen molar-refractivity contribution in [1.29, 1.82) is 0 Å². The Bertz CT molecular complexity index is 674. The van der Waals surface area contributed by atoms with E-state index in [1.807, 2.05) is 0 Å². The minimum Gasteiger partial charge on any atom is -0.465 e. The molecule has 1 saturated heterocycles. The molecular weight excluding hydrogens is 296 g/mol. The molecule has 7 nitrogen and oxygen atoms in total. The number of ether oxygens (including phenoxy) is 1. The molecule has 0 unspecified atom stereocenters. The number of pyridine rings is 1. The highest BCUT2D eigenvalue weighted by molar-refractivity contribution is 7.89. The Labute approximate surface area is 123 Å². The van der Waals surface area contributed by atoms with E-state index in [1.165, 1.54) is 16.6 Å². The zero-order valence-corrected chi connectivity index (χ0v) is 12.6. The van der Waals surface area contributed by atoms with Gasteiger partial charge in [-0.15, -0.1) is 0 Å². The van der Waals surface area contributed by atoms with Crippen molar-refractivity contribution in [3.8, 4) is 0 Å². The molecule has 0 atom stereocenters. The number of nitrogens with zero attached hydrogens (tertiary/aromatic N) is 2. The molecule has 0 amide bonds. The SMILES string of the molecule is CCOC(=O)Cn1cc(S(=O)(=O)N2CCCC2)ccc1=O. The molecule has 2 rings (SSSR count). The van der Waals surface area contributed by atoms with Crippen molar-refractivity contribution in [3.63, 3.8) is 0 Å². The van der Waals surface area contributed by atoms with Gasteiger partial charge in [-0.05, 0) is 25.8 Å². The van der Waals surface area contributed by atoms with E-state index in [1.54, 1.807) is 6.92 Å². The summed E-state index contributed by atoms with van der Waals surface area (Å²) < 4.78 is 32.0. The highest BCUT2D eigenvalue weighted by Gasteiger charge is 2.27. The van der Waals surface area contributed by atoms with Crippen LogP contribution < -0.4 is 5.56 Å². The zero-order valence-electron chi connectivity index (χ0n) is 11.8. The van der Waals surface area contributed by atoms with E-state index in [2.05, 4.69) is 0 Å². The van der Waals surface area contributed by atoms with Gasteiger partial charge in [0.05, 0.1) is 11.5 Å². The maximum atomic E-state index is 12.4. The fraction of sp³-hybridized carbons (Fsp3) is 0.538. The summed E-state index contributed by atoms with van der Waals surface area (Å²) >= 11 is 0. The Morgan fingerprint density at radius 1 is 1.29 bits per heavy atom. The predicted molar refractivity (Wildman–Crippen MR) is 75.3 cm³/mol. The molecule has 8 heteroatoms. The van der Waals surface area contributed by atoms with Crippen molar-refractivity contribution in [1.82, 2.24) is 8.87 Å². The molecule has 2 heterocycles. The van der Waals surface area contributed by atoms with Crippen LogP contribution in [0.3, 0.4) is 0 Å². The van der Waals surface area contributed by atoms with Gasteiger partial charge >= 0.3 is 5.97 Å². The van der Waals surface area contributed by atoms with E-state index in [4.69, 9.17) is 4.74 Å². The first-order valence-electron chi connectivity index (χ1n) is 6.81. The van der Waals surface area contributed by atoms with E-state index < -0.39 is 21.6 Å². The standard InChI is InChI=1S/C13H18N2O5S/c1-2-20-13(17)10-14-9-11(5-6-12(14)16)21(18,19)15-7-3-4-8-15/h5-6,9H,2-4,7-8,10H2,1H3. The third kappa shape index (κ3) is 3.51. The minimum atomic E-state index is -3.60. The number of rotatable bonds is 5. The monoisotopic (exact) mass is 314 g/mol. The first kappa shape index (κ1) is 15.7. The van der Waals surface area contributed by atoms with Crippen molar-refractivity contribution < 1.29 is 17.9 Å². The molecule has 0 aliphatic carbocycles. The molecule has 0 bridgehead atoms. The second kappa shape index (κ2) is 6.40. The Hall–Kier alpha value is -1.67. The lowest BCUT2D eigenvalue weighted by Gasteiger charge is -2.16. The predicted octanol–water partition coefficient (Wildman–Crippen LogP) is 0.196. The summed E-state index contributed by atoms with van der Waals surface area (Å²) in [6.07, 6.45) is 2.87. The highest BCUT2D eigenvalue weighted by Crippen LogP contribution is 2.19. The average Bonchev–Trinajstić information content (AvgIpc) is 2.96. The second-order valence-corrected chi connectivity index (χ2v) is 6.69. The first-order valence-corrected chi connectivity index (χ1v) is 8.25. The van der Waals surface area contributed by atoms with Crippen LogP contribution in [-0.2, 0) is 26.1 Å². The molecule has 0 radical (unpaired) electrons. The van der Waals surface area contributed by atoms with Gasteiger partial charge in [-0.1, -0.05) is 0 Å². The molecular formula is C13H18N2O5S. The maximum Gasteiger partial charge on any atom is 0.326 e. The summed E-state index contributed by atoms with van der Waals surface area (Å²) in [5.41, 5.74) is -0.441. The lowest BCUT2D eigenvalue weighted by molar-refractivity contribution is -0.143. The summed E-state index contributed by atoms with van der Waals surface area (Å²) in [5, 5.41) is 0. The normalized spacial score (nSPS) is 16.0. The third-order valence-corrected chi connectivity index (χ3v) is 5.15. The van der Waals surface area contributed by atoms with Gasteiger partial charge in [-0.25, -0.2) is 8.42 Å². The molecule has 0 spiro atoms. The lowest BCUT2D eigenvalue weighted by Crippen LogP contribution is -2.30. The van der Waals surface area contributed by atoms with E-state index in [9.17, 15) is 18.0 Å². The van der Waals surface area contributed by atoms with Gasteiger partial charge in [0.1, 0.15) is 6.54 Å². The van der Waals surface area contributed by atoms with Crippen LogP contribution in [0.2, 0.25) is 0 Å². The minimum absolute atomic E-state index is 0.0216. The van der Waals surface area contributed by atoms with Gasteiger partial charge in [0, 0.05) is 25.4 Å². The van der Waals surface area contributed by atoms with Crippen LogP contribution in [0.4, 0.5) is 0 Å². The van der Waals surface area contributed by atoms with Crippen molar-refractivity contribution in [2.75, 3.05) is 19.7 Å². The van der Waals surface area contributed by atoms with E-state index in [0.717, 1.165) is 23.5 Å².